The Morgan fingerprint density at radius 2 is 1.82 bits per heavy atom. The number of rotatable bonds is 9. The zero-order valence-corrected chi connectivity index (χ0v) is 18.7. The van der Waals surface area contributed by atoms with Crippen LogP contribution < -0.4 is 14.8 Å². The number of aromatic nitrogens is 4. The van der Waals surface area contributed by atoms with Crippen molar-refractivity contribution >= 4 is 17.6 Å². The van der Waals surface area contributed by atoms with Crippen molar-refractivity contribution in [2.75, 3.05) is 26.1 Å². The largest absolute Gasteiger partial charge is 0.493 e. The minimum atomic E-state index is -0.486. The molecule has 0 saturated carbocycles. The average Bonchev–Trinajstić information content (AvgIpc) is 3.26. The van der Waals surface area contributed by atoms with Crippen molar-refractivity contribution in [2.45, 2.75) is 19.9 Å². The lowest BCUT2D eigenvalue weighted by Gasteiger charge is -2.11. The van der Waals surface area contributed by atoms with Crippen LogP contribution in [-0.4, -0.2) is 46.4 Å². The van der Waals surface area contributed by atoms with Gasteiger partial charge in [0.25, 0.3) is 0 Å². The first kappa shape index (κ1) is 22.1. The molecule has 0 aliphatic carbocycles. The Morgan fingerprint density at radius 3 is 2.55 bits per heavy atom. The predicted octanol–water partition coefficient (Wildman–Crippen LogP) is 3.52. The highest BCUT2D eigenvalue weighted by Gasteiger charge is 2.19. The van der Waals surface area contributed by atoms with E-state index in [0.717, 1.165) is 11.1 Å². The Kier molecular flexibility index (Phi) is 6.68. The summed E-state index contributed by atoms with van der Waals surface area (Å²) in [5.41, 5.74) is 2.69. The minimum absolute atomic E-state index is 0.259. The second kappa shape index (κ2) is 9.99. The summed E-state index contributed by atoms with van der Waals surface area (Å²) in [6.45, 7) is 2.47. The number of esters is 1. The molecule has 9 heteroatoms. The second-order valence-electron chi connectivity index (χ2n) is 7.18. The molecule has 0 bridgehead atoms. The standard InChI is InChI=1S/C24H25N5O4/c1-4-33-23(30)18-15-26-24(25-14-17-10-11-19(31-2)20(12-17)32-3)29-22(18)27-21(28-29)13-16-8-6-5-7-9-16/h5-12,15H,4,13-14H2,1-3H3,(H,25,26). The number of nitrogens with zero attached hydrogens (tertiary/aromatic N) is 4. The van der Waals surface area contributed by atoms with Gasteiger partial charge in [0.15, 0.2) is 23.0 Å². The molecule has 0 amide bonds. The maximum Gasteiger partial charge on any atom is 0.343 e. The normalized spacial score (nSPS) is 10.8. The van der Waals surface area contributed by atoms with Gasteiger partial charge in [-0.15, -0.1) is 5.10 Å². The van der Waals surface area contributed by atoms with Gasteiger partial charge in [-0.25, -0.2) is 14.8 Å². The van der Waals surface area contributed by atoms with E-state index >= 15 is 0 Å². The number of ether oxygens (including phenoxy) is 3. The van der Waals surface area contributed by atoms with Crippen LogP contribution in [0.4, 0.5) is 5.95 Å². The maximum absolute atomic E-state index is 12.5. The minimum Gasteiger partial charge on any atom is -0.493 e. The van der Waals surface area contributed by atoms with E-state index in [1.54, 1.807) is 25.7 Å². The fourth-order valence-electron chi connectivity index (χ4n) is 3.41. The van der Waals surface area contributed by atoms with Crippen LogP contribution in [0, 0.1) is 0 Å². The number of benzene rings is 2. The Balaban J connectivity index is 1.66. The van der Waals surface area contributed by atoms with Crippen LogP contribution in [0.15, 0.2) is 54.7 Å². The van der Waals surface area contributed by atoms with Gasteiger partial charge in [-0.1, -0.05) is 36.4 Å². The van der Waals surface area contributed by atoms with Crippen LogP contribution in [-0.2, 0) is 17.7 Å². The van der Waals surface area contributed by atoms with Gasteiger partial charge < -0.3 is 19.5 Å². The van der Waals surface area contributed by atoms with Gasteiger partial charge >= 0.3 is 5.97 Å². The smallest absolute Gasteiger partial charge is 0.343 e. The van der Waals surface area contributed by atoms with Crippen LogP contribution in [0.3, 0.4) is 0 Å². The molecule has 170 valence electrons. The average molecular weight is 447 g/mol. The van der Waals surface area contributed by atoms with Gasteiger partial charge in [0.05, 0.1) is 20.8 Å². The highest BCUT2D eigenvalue weighted by molar-refractivity contribution is 5.95. The van der Waals surface area contributed by atoms with Crippen LogP contribution in [0.1, 0.15) is 34.2 Å². The zero-order chi connectivity index (χ0) is 23.2. The molecular weight excluding hydrogens is 422 g/mol. The van der Waals surface area contributed by atoms with Crippen LogP contribution >= 0.6 is 0 Å². The topological polar surface area (TPSA) is 99.9 Å². The second-order valence-corrected chi connectivity index (χ2v) is 7.18. The number of nitrogens with one attached hydrogen (secondary N) is 1. The number of carbonyl (C=O) groups is 1. The first-order chi connectivity index (χ1) is 16.1. The molecule has 1 N–H and O–H groups in total. The molecule has 2 aromatic carbocycles. The van der Waals surface area contributed by atoms with Crippen LogP contribution in [0.5, 0.6) is 11.5 Å². The summed E-state index contributed by atoms with van der Waals surface area (Å²) in [6, 6.07) is 15.6. The Hall–Kier alpha value is -4.14. The molecule has 9 nitrogen and oxygen atoms in total. The molecule has 0 unspecified atom stereocenters. The number of methoxy groups -OCH3 is 2. The van der Waals surface area contributed by atoms with Gasteiger partial charge in [0.2, 0.25) is 5.95 Å². The Labute approximate surface area is 191 Å². The van der Waals surface area contributed by atoms with Crippen molar-refractivity contribution in [3.63, 3.8) is 0 Å². The molecule has 0 radical (unpaired) electrons. The molecule has 2 aromatic heterocycles. The molecule has 0 aliphatic rings. The summed E-state index contributed by atoms with van der Waals surface area (Å²) in [6.07, 6.45) is 1.99. The summed E-state index contributed by atoms with van der Waals surface area (Å²) in [7, 11) is 3.19. The van der Waals surface area contributed by atoms with Crippen molar-refractivity contribution < 1.29 is 19.0 Å². The summed E-state index contributed by atoms with van der Waals surface area (Å²) < 4.78 is 17.4. The third-order valence-corrected chi connectivity index (χ3v) is 5.01. The molecular formula is C24H25N5O4. The molecule has 0 atom stereocenters. The van der Waals surface area contributed by atoms with Gasteiger partial charge in [0, 0.05) is 19.2 Å². The molecule has 0 saturated heterocycles. The van der Waals surface area contributed by atoms with E-state index in [2.05, 4.69) is 20.4 Å². The van der Waals surface area contributed by atoms with Crippen LogP contribution in [0.2, 0.25) is 0 Å². The van der Waals surface area contributed by atoms with E-state index in [1.165, 1.54) is 6.20 Å². The fraction of sp³-hybridized carbons (Fsp3) is 0.250. The lowest BCUT2D eigenvalue weighted by molar-refractivity contribution is 0.0527. The van der Waals surface area contributed by atoms with Gasteiger partial charge in [0.1, 0.15) is 5.56 Å². The maximum atomic E-state index is 12.5. The lowest BCUT2D eigenvalue weighted by atomic mass is 10.1. The summed E-state index contributed by atoms with van der Waals surface area (Å²) in [4.78, 5) is 21.5. The summed E-state index contributed by atoms with van der Waals surface area (Å²) in [5.74, 6) is 1.84. The number of anilines is 1. The zero-order valence-electron chi connectivity index (χ0n) is 18.7. The van der Waals surface area contributed by atoms with Crippen LogP contribution in [0.25, 0.3) is 5.65 Å². The third-order valence-electron chi connectivity index (χ3n) is 5.01. The Morgan fingerprint density at radius 1 is 1.03 bits per heavy atom. The van der Waals surface area contributed by atoms with Crippen molar-refractivity contribution in [2.24, 2.45) is 0 Å². The van der Waals surface area contributed by atoms with E-state index in [4.69, 9.17) is 14.2 Å². The molecule has 4 rings (SSSR count). The monoisotopic (exact) mass is 447 g/mol. The molecule has 33 heavy (non-hydrogen) atoms. The summed E-state index contributed by atoms with van der Waals surface area (Å²) in [5, 5.41) is 7.88. The van der Waals surface area contributed by atoms with E-state index in [1.807, 2.05) is 48.5 Å². The fourth-order valence-corrected chi connectivity index (χ4v) is 3.41. The molecule has 0 aliphatic heterocycles. The van der Waals surface area contributed by atoms with Crippen molar-refractivity contribution in [1.29, 1.82) is 0 Å². The van der Waals surface area contributed by atoms with Crippen molar-refractivity contribution in [3.8, 4) is 11.5 Å². The lowest BCUT2D eigenvalue weighted by Crippen LogP contribution is -2.12. The SMILES string of the molecule is CCOC(=O)c1cnc(NCc2ccc(OC)c(OC)c2)n2nc(Cc3ccccc3)nc12. The predicted molar refractivity (Wildman–Crippen MR) is 123 cm³/mol. The van der Waals surface area contributed by atoms with E-state index in [-0.39, 0.29) is 12.2 Å². The van der Waals surface area contributed by atoms with Crippen molar-refractivity contribution in [3.05, 3.63) is 77.2 Å². The first-order valence-electron chi connectivity index (χ1n) is 10.5. The molecule has 0 fully saturated rings. The van der Waals surface area contributed by atoms with Gasteiger partial charge in [-0.2, -0.15) is 4.52 Å². The summed E-state index contributed by atoms with van der Waals surface area (Å²) >= 11 is 0. The first-order valence-corrected chi connectivity index (χ1v) is 10.5. The van der Waals surface area contributed by atoms with Crippen molar-refractivity contribution in [1.82, 2.24) is 19.6 Å². The molecule has 0 spiro atoms. The van der Waals surface area contributed by atoms with E-state index < -0.39 is 5.97 Å². The Bertz CT molecular complexity index is 1260. The number of hydrogen-bond acceptors (Lipinski definition) is 8. The molecule has 2 heterocycles. The van der Waals surface area contributed by atoms with E-state index in [9.17, 15) is 4.79 Å². The van der Waals surface area contributed by atoms with Gasteiger partial charge in [-0.05, 0) is 30.2 Å². The molecule has 4 aromatic rings. The third kappa shape index (κ3) is 4.87. The quantitative estimate of drug-likeness (QED) is 0.389. The highest BCUT2D eigenvalue weighted by Crippen LogP contribution is 2.28. The highest BCUT2D eigenvalue weighted by atomic mass is 16.5. The number of hydrogen-bond donors (Lipinski definition) is 1. The van der Waals surface area contributed by atoms with Gasteiger partial charge in [-0.3, -0.25) is 0 Å². The van der Waals surface area contributed by atoms with E-state index in [0.29, 0.717) is 41.9 Å². The number of carbonyl (C=O) groups excluding carboxylic acids is 1. The number of fused-ring (bicyclic) bond motifs is 1.